The summed E-state index contributed by atoms with van der Waals surface area (Å²) in [6, 6.07) is 5.88. The molecule has 0 saturated heterocycles. The van der Waals surface area contributed by atoms with E-state index in [-0.39, 0.29) is 17.9 Å². The van der Waals surface area contributed by atoms with E-state index in [4.69, 9.17) is 9.84 Å². The van der Waals surface area contributed by atoms with Crippen LogP contribution >= 0.6 is 0 Å². The lowest BCUT2D eigenvalue weighted by atomic mass is 10.2. The molecular formula is C11H14O6S. The van der Waals surface area contributed by atoms with Crippen molar-refractivity contribution >= 4 is 16.1 Å². The molecule has 0 bridgehead atoms. The van der Waals surface area contributed by atoms with Gasteiger partial charge in [-0.25, -0.2) is 4.79 Å². The highest BCUT2D eigenvalue weighted by Crippen LogP contribution is 2.12. The average Bonchev–Trinajstić information content (AvgIpc) is 2.35. The van der Waals surface area contributed by atoms with Gasteiger partial charge in [0, 0.05) is 0 Å². The van der Waals surface area contributed by atoms with Crippen molar-refractivity contribution in [2.75, 3.05) is 19.5 Å². The molecule has 0 aliphatic heterocycles. The van der Waals surface area contributed by atoms with Crippen LogP contribution in [0.1, 0.15) is 16.8 Å². The first kappa shape index (κ1) is 14.5. The van der Waals surface area contributed by atoms with E-state index >= 15 is 0 Å². The van der Waals surface area contributed by atoms with Gasteiger partial charge in [-0.3, -0.25) is 4.18 Å². The number of carbonyl (C=O) groups is 1. The summed E-state index contributed by atoms with van der Waals surface area (Å²) in [5.41, 5.74) is 0.171. The van der Waals surface area contributed by atoms with Crippen molar-refractivity contribution < 1.29 is 27.2 Å². The zero-order chi connectivity index (χ0) is 13.6. The van der Waals surface area contributed by atoms with E-state index in [0.717, 1.165) is 7.11 Å². The van der Waals surface area contributed by atoms with Gasteiger partial charge >= 0.3 is 5.97 Å². The molecule has 1 aromatic carbocycles. The van der Waals surface area contributed by atoms with E-state index in [2.05, 4.69) is 4.18 Å². The van der Waals surface area contributed by atoms with Crippen LogP contribution in [0, 0.1) is 0 Å². The molecule has 7 heteroatoms. The molecule has 6 nitrogen and oxygen atoms in total. The number of carboxylic acid groups (broad SMARTS) is 1. The van der Waals surface area contributed by atoms with Crippen LogP contribution in [0.5, 0.6) is 5.75 Å². The predicted molar refractivity (Wildman–Crippen MR) is 64.3 cm³/mol. The SMILES string of the molecule is COS(=O)(=O)CCCOc1ccc(C(=O)O)cc1. The molecule has 0 aromatic heterocycles. The Labute approximate surface area is 105 Å². The van der Waals surface area contributed by atoms with Gasteiger partial charge in [0.25, 0.3) is 10.1 Å². The second-order valence-electron chi connectivity index (χ2n) is 3.46. The second-order valence-corrected chi connectivity index (χ2v) is 5.32. The maximum absolute atomic E-state index is 11.0. The van der Waals surface area contributed by atoms with Crippen molar-refractivity contribution in [2.45, 2.75) is 6.42 Å². The Morgan fingerprint density at radius 3 is 2.39 bits per heavy atom. The first-order valence-electron chi connectivity index (χ1n) is 5.19. The van der Waals surface area contributed by atoms with Crippen LogP contribution < -0.4 is 4.74 Å². The van der Waals surface area contributed by atoms with Crippen molar-refractivity contribution in [1.29, 1.82) is 0 Å². The molecule has 0 atom stereocenters. The molecule has 1 N–H and O–H groups in total. The van der Waals surface area contributed by atoms with Crippen LogP contribution in [0.3, 0.4) is 0 Å². The van der Waals surface area contributed by atoms with Gasteiger partial charge in [0.05, 0.1) is 25.0 Å². The minimum atomic E-state index is -3.45. The minimum absolute atomic E-state index is 0.114. The second kappa shape index (κ2) is 6.36. The zero-order valence-electron chi connectivity index (χ0n) is 9.83. The van der Waals surface area contributed by atoms with Gasteiger partial charge < -0.3 is 9.84 Å². The molecule has 0 spiro atoms. The summed E-state index contributed by atoms with van der Waals surface area (Å²) >= 11 is 0. The Balaban J connectivity index is 2.38. The summed E-state index contributed by atoms with van der Waals surface area (Å²) in [6.07, 6.45) is 0.302. The highest BCUT2D eigenvalue weighted by molar-refractivity contribution is 7.86. The van der Waals surface area contributed by atoms with Gasteiger partial charge in [0.1, 0.15) is 5.75 Å². The fraction of sp³-hybridized carbons (Fsp3) is 0.364. The summed E-state index contributed by atoms with van der Waals surface area (Å²) < 4.78 is 31.5. The first-order valence-corrected chi connectivity index (χ1v) is 6.77. The topological polar surface area (TPSA) is 89.9 Å². The Morgan fingerprint density at radius 1 is 1.28 bits per heavy atom. The third-order valence-electron chi connectivity index (χ3n) is 2.16. The van der Waals surface area contributed by atoms with Gasteiger partial charge in [-0.05, 0) is 30.7 Å². The largest absolute Gasteiger partial charge is 0.494 e. The molecule has 0 heterocycles. The molecule has 0 fully saturated rings. The number of hydrogen-bond donors (Lipinski definition) is 1. The molecule has 0 radical (unpaired) electrons. The molecule has 0 saturated carbocycles. The monoisotopic (exact) mass is 274 g/mol. The van der Waals surface area contributed by atoms with Crippen LogP contribution in [0.2, 0.25) is 0 Å². The van der Waals surface area contributed by atoms with Gasteiger partial charge in [0.2, 0.25) is 0 Å². The summed E-state index contributed by atoms with van der Waals surface area (Å²) in [6.45, 7) is 0.217. The van der Waals surface area contributed by atoms with Crippen LogP contribution in [0.15, 0.2) is 24.3 Å². The van der Waals surface area contributed by atoms with Crippen LogP contribution in [-0.4, -0.2) is 39.0 Å². The van der Waals surface area contributed by atoms with Gasteiger partial charge in [0.15, 0.2) is 0 Å². The lowest BCUT2D eigenvalue weighted by molar-refractivity contribution is 0.0697. The van der Waals surface area contributed by atoms with Crippen molar-refractivity contribution in [2.24, 2.45) is 0 Å². The number of hydrogen-bond acceptors (Lipinski definition) is 5. The number of carboxylic acids is 1. The normalized spacial score (nSPS) is 11.2. The lowest BCUT2D eigenvalue weighted by Crippen LogP contribution is -2.11. The summed E-state index contributed by atoms with van der Waals surface area (Å²) in [5.74, 6) is -0.626. The van der Waals surface area contributed by atoms with Gasteiger partial charge in [-0.15, -0.1) is 0 Å². The number of benzene rings is 1. The number of rotatable bonds is 7. The third kappa shape index (κ3) is 4.72. The number of aromatic carboxylic acids is 1. The highest BCUT2D eigenvalue weighted by Gasteiger charge is 2.08. The van der Waals surface area contributed by atoms with E-state index < -0.39 is 16.1 Å². The fourth-order valence-electron chi connectivity index (χ4n) is 1.20. The van der Waals surface area contributed by atoms with Crippen molar-refractivity contribution in [3.8, 4) is 5.75 Å². The summed E-state index contributed by atoms with van der Waals surface area (Å²) in [7, 11) is -2.34. The van der Waals surface area contributed by atoms with E-state index in [9.17, 15) is 13.2 Å². The van der Waals surface area contributed by atoms with E-state index in [1.54, 1.807) is 0 Å². The smallest absolute Gasteiger partial charge is 0.335 e. The standard InChI is InChI=1S/C11H14O6S/c1-16-18(14,15)8-2-7-17-10-5-3-9(4-6-10)11(12)13/h3-6H,2,7-8H2,1H3,(H,12,13). The maximum Gasteiger partial charge on any atom is 0.335 e. The first-order chi connectivity index (χ1) is 8.44. The Hall–Kier alpha value is -1.60. The Kier molecular flexibility index (Phi) is 5.11. The van der Waals surface area contributed by atoms with Crippen LogP contribution in [0.4, 0.5) is 0 Å². The molecule has 18 heavy (non-hydrogen) atoms. The quantitative estimate of drug-likeness (QED) is 0.592. The Bertz CT molecular complexity index is 491. The zero-order valence-corrected chi connectivity index (χ0v) is 10.6. The molecule has 1 aromatic rings. The summed E-state index contributed by atoms with van der Waals surface area (Å²) in [5, 5.41) is 8.69. The van der Waals surface area contributed by atoms with Crippen molar-refractivity contribution in [3.63, 3.8) is 0 Å². The minimum Gasteiger partial charge on any atom is -0.494 e. The van der Waals surface area contributed by atoms with Crippen molar-refractivity contribution in [1.82, 2.24) is 0 Å². The molecular weight excluding hydrogens is 260 g/mol. The maximum atomic E-state index is 11.0. The molecule has 0 aliphatic rings. The van der Waals surface area contributed by atoms with Crippen LogP contribution in [-0.2, 0) is 14.3 Å². The third-order valence-corrected chi connectivity index (χ3v) is 3.46. The summed E-state index contributed by atoms with van der Waals surface area (Å²) in [4.78, 5) is 10.6. The van der Waals surface area contributed by atoms with Crippen molar-refractivity contribution in [3.05, 3.63) is 29.8 Å². The molecule has 100 valence electrons. The molecule has 0 amide bonds. The Morgan fingerprint density at radius 2 is 1.89 bits per heavy atom. The van der Waals surface area contributed by atoms with E-state index in [1.165, 1.54) is 24.3 Å². The van der Waals surface area contributed by atoms with Crippen LogP contribution in [0.25, 0.3) is 0 Å². The fourth-order valence-corrected chi connectivity index (χ4v) is 1.84. The molecule has 0 aliphatic carbocycles. The van der Waals surface area contributed by atoms with Gasteiger partial charge in [-0.1, -0.05) is 0 Å². The van der Waals surface area contributed by atoms with Gasteiger partial charge in [-0.2, -0.15) is 8.42 Å². The lowest BCUT2D eigenvalue weighted by Gasteiger charge is -2.06. The molecule has 0 unspecified atom stereocenters. The average molecular weight is 274 g/mol. The highest BCUT2D eigenvalue weighted by atomic mass is 32.2. The predicted octanol–water partition coefficient (Wildman–Crippen LogP) is 1.13. The van der Waals surface area contributed by atoms with E-state index in [0.29, 0.717) is 12.2 Å². The number of ether oxygens (including phenoxy) is 1. The van der Waals surface area contributed by atoms with E-state index in [1.807, 2.05) is 0 Å². The molecule has 1 rings (SSSR count).